The monoisotopic (exact) mass is 384 g/mol. The first kappa shape index (κ1) is 19.7. The molecule has 25 heavy (non-hydrogen) atoms. The van der Waals surface area contributed by atoms with E-state index < -0.39 is 9.84 Å². The van der Waals surface area contributed by atoms with E-state index in [-0.39, 0.29) is 26.1 Å². The van der Waals surface area contributed by atoms with Gasteiger partial charge in [0.05, 0.1) is 0 Å². The SMILES string of the molecule is CC(C)(C)c1cc(Oc2nnc(S(C)(=O)=O)s2)cc(C(C)(C)C)c1O. The van der Waals surface area contributed by atoms with Gasteiger partial charge in [-0.1, -0.05) is 46.6 Å². The number of sulfone groups is 1. The van der Waals surface area contributed by atoms with Gasteiger partial charge < -0.3 is 9.84 Å². The van der Waals surface area contributed by atoms with Crippen LogP contribution in [0.1, 0.15) is 52.7 Å². The lowest BCUT2D eigenvalue weighted by Crippen LogP contribution is -2.17. The van der Waals surface area contributed by atoms with Crippen LogP contribution in [0.25, 0.3) is 0 Å². The highest BCUT2D eigenvalue weighted by Crippen LogP contribution is 2.42. The zero-order chi connectivity index (χ0) is 19.2. The molecule has 2 rings (SSSR count). The largest absolute Gasteiger partial charge is 0.507 e. The molecule has 0 atom stereocenters. The number of aromatic nitrogens is 2. The average molecular weight is 385 g/mol. The minimum atomic E-state index is -3.42. The quantitative estimate of drug-likeness (QED) is 0.859. The molecule has 138 valence electrons. The van der Waals surface area contributed by atoms with Crippen LogP contribution in [0.15, 0.2) is 16.5 Å². The molecule has 1 N–H and O–H groups in total. The lowest BCUT2D eigenvalue weighted by Gasteiger charge is -2.27. The van der Waals surface area contributed by atoms with Gasteiger partial charge >= 0.3 is 5.19 Å². The smallest absolute Gasteiger partial charge is 0.300 e. The van der Waals surface area contributed by atoms with Crippen molar-refractivity contribution in [2.45, 2.75) is 56.7 Å². The fourth-order valence-electron chi connectivity index (χ4n) is 2.30. The van der Waals surface area contributed by atoms with E-state index in [4.69, 9.17) is 4.74 Å². The number of aromatic hydroxyl groups is 1. The number of hydrogen-bond acceptors (Lipinski definition) is 7. The van der Waals surface area contributed by atoms with Gasteiger partial charge in [0, 0.05) is 17.4 Å². The second-order valence-corrected chi connectivity index (χ2v) is 11.2. The second-order valence-electron chi connectivity index (χ2n) is 8.08. The van der Waals surface area contributed by atoms with Gasteiger partial charge in [-0.3, -0.25) is 0 Å². The lowest BCUT2D eigenvalue weighted by molar-refractivity contribution is 0.414. The number of nitrogens with zero attached hydrogens (tertiary/aromatic N) is 2. The Bertz CT molecular complexity index is 853. The molecule has 0 aliphatic carbocycles. The standard InChI is InChI=1S/C17H24N2O4S2/c1-16(2,3)11-8-10(9-12(13(11)20)17(4,5)6)23-14-18-19-15(24-14)25(7,21)22/h8-9,20H,1-7H3. The summed E-state index contributed by atoms with van der Waals surface area (Å²) in [5.74, 6) is 0.741. The van der Waals surface area contributed by atoms with Crippen LogP contribution < -0.4 is 4.74 Å². The first-order chi connectivity index (χ1) is 11.2. The molecule has 0 bridgehead atoms. The summed E-state index contributed by atoms with van der Waals surface area (Å²) in [6, 6.07) is 3.51. The third-order valence-electron chi connectivity index (χ3n) is 3.61. The Kier molecular flexibility index (Phi) is 4.91. The van der Waals surface area contributed by atoms with Gasteiger partial charge in [0.25, 0.3) is 0 Å². The highest BCUT2D eigenvalue weighted by molar-refractivity contribution is 7.92. The third kappa shape index (κ3) is 4.49. The zero-order valence-electron chi connectivity index (χ0n) is 15.5. The second kappa shape index (κ2) is 6.25. The van der Waals surface area contributed by atoms with Gasteiger partial charge in [-0.15, -0.1) is 5.10 Å². The molecule has 0 unspecified atom stereocenters. The predicted molar refractivity (Wildman–Crippen MR) is 98.6 cm³/mol. The summed E-state index contributed by atoms with van der Waals surface area (Å²) in [5.41, 5.74) is 0.927. The van der Waals surface area contributed by atoms with E-state index in [0.717, 1.165) is 28.7 Å². The Morgan fingerprint density at radius 3 is 1.84 bits per heavy atom. The first-order valence-corrected chi connectivity index (χ1v) is 10.5. The highest BCUT2D eigenvalue weighted by atomic mass is 32.2. The maximum atomic E-state index is 11.5. The van der Waals surface area contributed by atoms with Crippen molar-refractivity contribution in [3.63, 3.8) is 0 Å². The summed E-state index contributed by atoms with van der Waals surface area (Å²) < 4.78 is 28.7. The van der Waals surface area contributed by atoms with E-state index >= 15 is 0 Å². The molecule has 1 aromatic carbocycles. The summed E-state index contributed by atoms with van der Waals surface area (Å²) >= 11 is 0.871. The molecule has 0 aliphatic rings. The molecule has 2 aromatic rings. The number of phenols is 1. The zero-order valence-corrected chi connectivity index (χ0v) is 17.2. The summed E-state index contributed by atoms with van der Waals surface area (Å²) in [7, 11) is -3.42. The van der Waals surface area contributed by atoms with Crippen LogP contribution in [0.3, 0.4) is 0 Å². The molecule has 0 amide bonds. The number of rotatable bonds is 3. The molecule has 0 fully saturated rings. The first-order valence-electron chi connectivity index (χ1n) is 7.79. The van der Waals surface area contributed by atoms with Crippen molar-refractivity contribution >= 4 is 21.2 Å². The molecule has 0 radical (unpaired) electrons. The van der Waals surface area contributed by atoms with Crippen LogP contribution in [0.5, 0.6) is 16.7 Å². The van der Waals surface area contributed by atoms with Gasteiger partial charge in [0.15, 0.2) is 0 Å². The molecule has 0 aliphatic heterocycles. The van der Waals surface area contributed by atoms with E-state index in [2.05, 4.69) is 10.2 Å². The molecule has 8 heteroatoms. The Balaban J connectivity index is 2.53. The van der Waals surface area contributed by atoms with Crippen molar-refractivity contribution in [1.29, 1.82) is 0 Å². The van der Waals surface area contributed by atoms with Crippen LogP contribution in [-0.4, -0.2) is 30.0 Å². The normalized spacial score (nSPS) is 13.1. The van der Waals surface area contributed by atoms with Crippen LogP contribution in [0.4, 0.5) is 0 Å². The van der Waals surface area contributed by atoms with E-state index in [9.17, 15) is 13.5 Å². The van der Waals surface area contributed by atoms with Gasteiger partial charge in [0.2, 0.25) is 14.2 Å². The van der Waals surface area contributed by atoms with Gasteiger partial charge in [0.1, 0.15) is 11.5 Å². The Hall–Kier alpha value is -1.67. The third-order valence-corrected chi connectivity index (χ3v) is 6.08. The van der Waals surface area contributed by atoms with Gasteiger partial charge in [-0.05, 0) is 34.3 Å². The van der Waals surface area contributed by atoms with Crippen molar-refractivity contribution in [2.75, 3.05) is 6.26 Å². The maximum Gasteiger partial charge on any atom is 0.300 e. The minimum absolute atomic E-state index is 0.0895. The fourth-order valence-corrected chi connectivity index (χ4v) is 3.76. The summed E-state index contributed by atoms with van der Waals surface area (Å²) in [6.45, 7) is 12.0. The molecular weight excluding hydrogens is 360 g/mol. The van der Waals surface area contributed by atoms with Crippen LogP contribution in [0, 0.1) is 0 Å². The van der Waals surface area contributed by atoms with Crippen LogP contribution in [-0.2, 0) is 20.7 Å². The fraction of sp³-hybridized carbons (Fsp3) is 0.529. The molecule has 1 heterocycles. The summed E-state index contributed by atoms with van der Waals surface area (Å²) in [5, 5.41) is 18.3. The van der Waals surface area contributed by atoms with E-state index in [1.54, 1.807) is 12.1 Å². The van der Waals surface area contributed by atoms with Crippen molar-refractivity contribution < 1.29 is 18.3 Å². The Morgan fingerprint density at radius 1 is 1.00 bits per heavy atom. The van der Waals surface area contributed by atoms with Gasteiger partial charge in [-0.25, -0.2) is 8.42 Å². The molecule has 0 saturated carbocycles. The molecule has 6 nitrogen and oxygen atoms in total. The van der Waals surface area contributed by atoms with Crippen LogP contribution >= 0.6 is 11.3 Å². The Morgan fingerprint density at radius 2 is 1.48 bits per heavy atom. The van der Waals surface area contributed by atoms with Crippen molar-refractivity contribution in [3.05, 3.63) is 23.3 Å². The summed E-state index contributed by atoms with van der Waals surface area (Å²) in [6.07, 6.45) is 1.08. The summed E-state index contributed by atoms with van der Waals surface area (Å²) in [4.78, 5) is 0. The van der Waals surface area contributed by atoms with Crippen LogP contribution in [0.2, 0.25) is 0 Å². The molecular formula is C17H24N2O4S2. The van der Waals surface area contributed by atoms with Crippen molar-refractivity contribution in [1.82, 2.24) is 10.2 Å². The predicted octanol–water partition coefficient (Wildman–Crippen LogP) is 4.03. The average Bonchev–Trinajstić information content (AvgIpc) is 2.86. The number of benzene rings is 1. The van der Waals surface area contributed by atoms with Crippen molar-refractivity contribution in [3.8, 4) is 16.7 Å². The maximum absolute atomic E-state index is 11.5. The number of phenolic OH excluding ortho intramolecular Hbond substituents is 1. The topological polar surface area (TPSA) is 89.4 Å². The Labute approximate surface area is 152 Å². The molecule has 0 spiro atoms. The van der Waals surface area contributed by atoms with Crippen molar-refractivity contribution in [2.24, 2.45) is 0 Å². The van der Waals surface area contributed by atoms with Gasteiger partial charge in [-0.2, -0.15) is 0 Å². The van der Waals surface area contributed by atoms with E-state index in [1.807, 2.05) is 41.5 Å². The molecule has 0 saturated heterocycles. The lowest BCUT2D eigenvalue weighted by atomic mass is 9.79. The number of ether oxygens (including phenoxy) is 1. The molecule has 1 aromatic heterocycles. The van der Waals surface area contributed by atoms with E-state index in [1.165, 1.54) is 0 Å². The van der Waals surface area contributed by atoms with E-state index in [0.29, 0.717) is 5.75 Å². The number of hydrogen-bond donors (Lipinski definition) is 1. The highest BCUT2D eigenvalue weighted by Gasteiger charge is 2.27. The minimum Gasteiger partial charge on any atom is -0.507 e.